The molecule has 13 heteroatoms. The molecule has 0 saturated heterocycles. The van der Waals surface area contributed by atoms with Crippen LogP contribution < -0.4 is 9.46 Å². The van der Waals surface area contributed by atoms with Crippen LogP contribution in [0.5, 0.6) is 5.75 Å². The summed E-state index contributed by atoms with van der Waals surface area (Å²) in [7, 11) is -3.42. The molecule has 158 valence electrons. The maximum absolute atomic E-state index is 13.2. The number of alkyl halides is 3. The van der Waals surface area contributed by atoms with Gasteiger partial charge >= 0.3 is 6.18 Å². The predicted octanol–water partition coefficient (Wildman–Crippen LogP) is 3.61. The van der Waals surface area contributed by atoms with E-state index in [4.69, 9.17) is 4.74 Å². The van der Waals surface area contributed by atoms with Crippen LogP contribution in [0.15, 0.2) is 59.8 Å². The quantitative estimate of drug-likeness (QED) is 0.461. The largest absolute Gasteiger partial charge is 0.495 e. The van der Waals surface area contributed by atoms with Crippen LogP contribution in [0.2, 0.25) is 0 Å². The second-order valence-electron chi connectivity index (χ2n) is 5.88. The third kappa shape index (κ3) is 4.20. The summed E-state index contributed by atoms with van der Waals surface area (Å²) in [5.41, 5.74) is -2.04. The normalized spacial score (nSPS) is 11.9. The van der Waals surface area contributed by atoms with Crippen molar-refractivity contribution in [3.63, 3.8) is 0 Å². The van der Waals surface area contributed by atoms with E-state index in [2.05, 4.69) is 9.82 Å². The first-order valence-corrected chi connectivity index (χ1v) is 9.58. The number of rotatable bonds is 6. The Hall–Kier alpha value is -3.61. The third-order valence-electron chi connectivity index (χ3n) is 3.97. The minimum absolute atomic E-state index is 0.0148. The molecule has 0 unspecified atom stereocenters. The molecule has 0 saturated carbocycles. The lowest BCUT2D eigenvalue weighted by Crippen LogP contribution is -2.17. The van der Waals surface area contributed by atoms with E-state index in [1.54, 1.807) is 0 Å². The summed E-state index contributed by atoms with van der Waals surface area (Å²) in [4.78, 5) is 9.60. The molecule has 1 heterocycles. The molecule has 0 fully saturated rings. The highest BCUT2D eigenvalue weighted by molar-refractivity contribution is 7.92. The van der Waals surface area contributed by atoms with E-state index in [1.165, 1.54) is 23.1 Å². The number of methoxy groups -OCH3 is 1. The zero-order valence-corrected chi connectivity index (χ0v) is 15.9. The average molecular weight is 442 g/mol. The zero-order valence-electron chi connectivity index (χ0n) is 15.1. The number of nitrogens with zero attached hydrogens (tertiary/aromatic N) is 3. The second kappa shape index (κ2) is 7.67. The number of hydrogen-bond acceptors (Lipinski definition) is 6. The summed E-state index contributed by atoms with van der Waals surface area (Å²) in [6, 6.07) is 6.81. The second-order valence-corrected chi connectivity index (χ2v) is 7.53. The third-order valence-corrected chi connectivity index (χ3v) is 5.35. The summed E-state index contributed by atoms with van der Waals surface area (Å²) >= 11 is 0. The Morgan fingerprint density at radius 1 is 1.20 bits per heavy atom. The molecule has 0 bridgehead atoms. The summed E-state index contributed by atoms with van der Waals surface area (Å²) in [6.45, 7) is 0. The molecule has 0 spiro atoms. The van der Waals surface area contributed by atoms with Crippen LogP contribution in [0, 0.1) is 10.1 Å². The van der Waals surface area contributed by atoms with Crippen molar-refractivity contribution in [2.45, 2.75) is 11.1 Å². The first-order valence-electron chi connectivity index (χ1n) is 8.09. The van der Waals surface area contributed by atoms with Crippen LogP contribution >= 0.6 is 0 Å². The van der Waals surface area contributed by atoms with Gasteiger partial charge < -0.3 is 4.74 Å². The number of nitro groups is 1. The SMILES string of the molecule is COc1ccc([N+](=O)[O-])cc1S(=O)(=O)Nc1cc(C(F)(F)F)ccc1-n1cccn1. The molecule has 0 radical (unpaired) electrons. The lowest BCUT2D eigenvalue weighted by molar-refractivity contribution is -0.385. The number of halogens is 3. The van der Waals surface area contributed by atoms with Crippen molar-refractivity contribution in [1.29, 1.82) is 0 Å². The fourth-order valence-electron chi connectivity index (χ4n) is 2.59. The molecule has 1 aromatic heterocycles. The molecule has 0 aliphatic heterocycles. The molecule has 3 aromatic rings. The van der Waals surface area contributed by atoms with Crippen LogP contribution in [0.4, 0.5) is 24.5 Å². The number of sulfonamides is 1. The Bertz CT molecular complexity index is 1190. The molecule has 0 aliphatic rings. The summed E-state index contributed by atoms with van der Waals surface area (Å²) < 4.78 is 73.5. The number of ether oxygens (including phenoxy) is 1. The van der Waals surface area contributed by atoms with Gasteiger partial charge in [-0.05, 0) is 30.3 Å². The van der Waals surface area contributed by atoms with E-state index in [0.717, 1.165) is 37.4 Å². The number of nitrogens with one attached hydrogen (secondary N) is 1. The van der Waals surface area contributed by atoms with E-state index in [0.29, 0.717) is 6.07 Å². The van der Waals surface area contributed by atoms with Crippen molar-refractivity contribution in [3.05, 3.63) is 70.5 Å². The number of non-ortho nitro benzene ring substituents is 1. The Kier molecular flexibility index (Phi) is 5.39. The number of nitro benzene ring substituents is 1. The van der Waals surface area contributed by atoms with E-state index in [9.17, 15) is 31.7 Å². The first-order chi connectivity index (χ1) is 14.0. The summed E-state index contributed by atoms with van der Waals surface area (Å²) in [6.07, 6.45) is -1.96. The van der Waals surface area contributed by atoms with Crippen LogP contribution in [0.25, 0.3) is 5.69 Å². The fraction of sp³-hybridized carbons (Fsp3) is 0.118. The standard InChI is InChI=1S/C17H13F3N4O5S/c1-29-15-6-4-12(24(25)26)10-16(15)30(27,28)22-13-9-11(17(18,19)20)3-5-14(13)23-8-2-7-21-23/h2-10,22H,1H3. The molecule has 0 amide bonds. The van der Waals surface area contributed by atoms with Gasteiger partial charge in [-0.25, -0.2) is 13.1 Å². The maximum Gasteiger partial charge on any atom is 0.416 e. The van der Waals surface area contributed by atoms with Crippen LogP contribution in [-0.4, -0.2) is 30.2 Å². The Labute approximate surface area is 167 Å². The number of hydrogen-bond donors (Lipinski definition) is 1. The van der Waals surface area contributed by atoms with Gasteiger partial charge in [-0.1, -0.05) is 0 Å². The maximum atomic E-state index is 13.2. The van der Waals surface area contributed by atoms with Crippen LogP contribution in [0.1, 0.15) is 5.56 Å². The Morgan fingerprint density at radius 2 is 1.93 bits per heavy atom. The van der Waals surface area contributed by atoms with Crippen molar-refractivity contribution in [1.82, 2.24) is 9.78 Å². The highest BCUT2D eigenvalue weighted by Crippen LogP contribution is 2.35. The van der Waals surface area contributed by atoms with E-state index >= 15 is 0 Å². The van der Waals surface area contributed by atoms with Gasteiger partial charge in [-0.15, -0.1) is 0 Å². The molecule has 1 N–H and O–H groups in total. The molecular weight excluding hydrogens is 429 g/mol. The molecule has 0 atom stereocenters. The van der Waals surface area contributed by atoms with E-state index in [1.807, 2.05) is 0 Å². The molecule has 3 rings (SSSR count). The van der Waals surface area contributed by atoms with Gasteiger partial charge in [-0.2, -0.15) is 18.3 Å². The van der Waals surface area contributed by atoms with Crippen molar-refractivity contribution >= 4 is 21.4 Å². The van der Waals surface area contributed by atoms with Gasteiger partial charge in [0.25, 0.3) is 15.7 Å². The fourth-order valence-corrected chi connectivity index (χ4v) is 3.85. The summed E-state index contributed by atoms with van der Waals surface area (Å²) in [5.74, 6) is -0.222. The van der Waals surface area contributed by atoms with Gasteiger partial charge in [0.2, 0.25) is 0 Å². The van der Waals surface area contributed by atoms with E-state index in [-0.39, 0.29) is 11.4 Å². The van der Waals surface area contributed by atoms with Crippen molar-refractivity contribution in [2.24, 2.45) is 0 Å². The molecule has 30 heavy (non-hydrogen) atoms. The topological polar surface area (TPSA) is 116 Å². The number of anilines is 1. The van der Waals surface area contributed by atoms with Crippen molar-refractivity contribution in [2.75, 3.05) is 11.8 Å². The van der Waals surface area contributed by atoms with Gasteiger partial charge in [-0.3, -0.25) is 14.8 Å². The minimum Gasteiger partial charge on any atom is -0.495 e. The van der Waals surface area contributed by atoms with Crippen LogP contribution in [0.3, 0.4) is 0 Å². The lowest BCUT2D eigenvalue weighted by Gasteiger charge is -2.16. The summed E-state index contributed by atoms with van der Waals surface area (Å²) in [5, 5.41) is 14.9. The van der Waals surface area contributed by atoms with Gasteiger partial charge in [0, 0.05) is 24.5 Å². The molecule has 9 nitrogen and oxygen atoms in total. The Morgan fingerprint density at radius 3 is 2.50 bits per heavy atom. The molecule has 2 aromatic carbocycles. The average Bonchev–Trinajstić information content (AvgIpc) is 3.20. The molecular formula is C17H13F3N4O5S. The van der Waals surface area contributed by atoms with Gasteiger partial charge in [0.05, 0.1) is 29.0 Å². The Balaban J connectivity index is 2.15. The number of benzene rings is 2. The highest BCUT2D eigenvalue weighted by atomic mass is 32.2. The lowest BCUT2D eigenvalue weighted by atomic mass is 10.1. The van der Waals surface area contributed by atoms with Gasteiger partial charge in [0.15, 0.2) is 0 Å². The monoisotopic (exact) mass is 442 g/mol. The van der Waals surface area contributed by atoms with Crippen molar-refractivity contribution in [3.8, 4) is 11.4 Å². The van der Waals surface area contributed by atoms with Crippen molar-refractivity contribution < 1.29 is 31.2 Å². The predicted molar refractivity (Wildman–Crippen MR) is 99.0 cm³/mol. The number of aromatic nitrogens is 2. The molecule has 0 aliphatic carbocycles. The first kappa shape index (κ1) is 21.1. The highest BCUT2D eigenvalue weighted by Gasteiger charge is 2.32. The minimum atomic E-state index is -4.73. The zero-order chi connectivity index (χ0) is 22.1. The van der Waals surface area contributed by atoms with Crippen LogP contribution in [-0.2, 0) is 16.2 Å². The van der Waals surface area contributed by atoms with Gasteiger partial charge in [0.1, 0.15) is 10.6 Å². The smallest absolute Gasteiger partial charge is 0.416 e. The van der Waals surface area contributed by atoms with E-state index < -0.39 is 43.0 Å².